The van der Waals surface area contributed by atoms with Gasteiger partial charge in [0.1, 0.15) is 0 Å². The van der Waals surface area contributed by atoms with Crippen LogP contribution in [-0.4, -0.2) is 37.9 Å². The average molecular weight is 418 g/mol. The number of ether oxygens (including phenoxy) is 1. The number of nitriles is 1. The number of aromatic nitrogens is 4. The Kier molecular flexibility index (Phi) is 5.48. The zero-order valence-corrected chi connectivity index (χ0v) is 18.3. The standard InChI is InChI=1S/C23H27N7O/c1-15-5-17(6-16-7-21(25)29(4)12-19(15)16)20-9-26-10-22(28-20)31-18-8-27-30(11-18)14-23(2,3)13-24/h5-6,8-11,21H,7,12,14,25H2,1-4H3. The van der Waals surface area contributed by atoms with Crippen LogP contribution in [0, 0.1) is 23.7 Å². The van der Waals surface area contributed by atoms with Gasteiger partial charge in [-0.3, -0.25) is 14.6 Å². The second kappa shape index (κ2) is 8.10. The van der Waals surface area contributed by atoms with Gasteiger partial charge < -0.3 is 10.5 Å². The van der Waals surface area contributed by atoms with Crippen LogP contribution < -0.4 is 10.5 Å². The maximum atomic E-state index is 9.21. The predicted molar refractivity (Wildman–Crippen MR) is 117 cm³/mol. The van der Waals surface area contributed by atoms with Crippen molar-refractivity contribution in [2.45, 2.75) is 46.4 Å². The molecule has 4 rings (SSSR count). The van der Waals surface area contributed by atoms with Crippen LogP contribution in [0.5, 0.6) is 11.6 Å². The highest BCUT2D eigenvalue weighted by Crippen LogP contribution is 2.30. The third kappa shape index (κ3) is 4.58. The van der Waals surface area contributed by atoms with Crippen molar-refractivity contribution in [3.8, 4) is 29.0 Å². The second-order valence-corrected chi connectivity index (χ2v) is 8.83. The summed E-state index contributed by atoms with van der Waals surface area (Å²) in [5.74, 6) is 0.944. The first-order chi connectivity index (χ1) is 14.7. The summed E-state index contributed by atoms with van der Waals surface area (Å²) >= 11 is 0. The van der Waals surface area contributed by atoms with E-state index in [1.807, 2.05) is 13.8 Å². The third-order valence-electron chi connectivity index (χ3n) is 5.57. The summed E-state index contributed by atoms with van der Waals surface area (Å²) in [6.07, 6.45) is 7.52. The van der Waals surface area contributed by atoms with E-state index in [-0.39, 0.29) is 6.17 Å². The fraction of sp³-hybridized carbons (Fsp3) is 0.391. The van der Waals surface area contributed by atoms with E-state index in [4.69, 9.17) is 10.5 Å². The highest BCUT2D eigenvalue weighted by Gasteiger charge is 2.23. The maximum Gasteiger partial charge on any atom is 0.238 e. The molecule has 0 amide bonds. The molecule has 2 N–H and O–H groups in total. The first-order valence-corrected chi connectivity index (χ1v) is 10.3. The molecule has 0 bridgehead atoms. The predicted octanol–water partition coefficient (Wildman–Crippen LogP) is 3.26. The fourth-order valence-corrected chi connectivity index (χ4v) is 3.78. The molecule has 2 aromatic heterocycles. The molecule has 0 saturated heterocycles. The number of likely N-dealkylation sites (N-methyl/N-ethyl adjacent to an activating group) is 1. The minimum atomic E-state index is -0.509. The number of hydrogen-bond acceptors (Lipinski definition) is 7. The van der Waals surface area contributed by atoms with Crippen LogP contribution >= 0.6 is 0 Å². The van der Waals surface area contributed by atoms with Gasteiger partial charge >= 0.3 is 0 Å². The van der Waals surface area contributed by atoms with Crippen molar-refractivity contribution in [1.82, 2.24) is 24.6 Å². The Bertz CT molecular complexity index is 1150. The smallest absolute Gasteiger partial charge is 0.238 e. The van der Waals surface area contributed by atoms with Gasteiger partial charge in [0.15, 0.2) is 5.75 Å². The number of aryl methyl sites for hydroxylation is 1. The molecule has 8 heteroatoms. The van der Waals surface area contributed by atoms with Gasteiger partial charge in [0.2, 0.25) is 5.88 Å². The normalized spacial score (nSPS) is 16.6. The van der Waals surface area contributed by atoms with E-state index in [2.05, 4.69) is 52.1 Å². The zero-order chi connectivity index (χ0) is 22.2. The zero-order valence-electron chi connectivity index (χ0n) is 18.3. The summed E-state index contributed by atoms with van der Waals surface area (Å²) < 4.78 is 7.57. The highest BCUT2D eigenvalue weighted by atomic mass is 16.5. The number of rotatable bonds is 5. The van der Waals surface area contributed by atoms with Crippen LogP contribution in [0.2, 0.25) is 0 Å². The van der Waals surface area contributed by atoms with Gasteiger partial charge in [0, 0.05) is 18.5 Å². The van der Waals surface area contributed by atoms with Crippen LogP contribution in [0.25, 0.3) is 11.3 Å². The first kappa shape index (κ1) is 21.0. The lowest BCUT2D eigenvalue weighted by atomic mass is 9.91. The van der Waals surface area contributed by atoms with Crippen molar-refractivity contribution in [2.24, 2.45) is 11.1 Å². The first-order valence-electron chi connectivity index (χ1n) is 10.3. The lowest BCUT2D eigenvalue weighted by Crippen LogP contribution is -2.44. The van der Waals surface area contributed by atoms with E-state index in [1.165, 1.54) is 16.7 Å². The molecule has 1 aromatic carbocycles. The minimum Gasteiger partial charge on any atom is -0.434 e. The molecule has 1 atom stereocenters. The van der Waals surface area contributed by atoms with Crippen LogP contribution in [0.15, 0.2) is 36.9 Å². The molecule has 1 aliphatic rings. The number of hydrogen-bond donors (Lipinski definition) is 1. The van der Waals surface area contributed by atoms with E-state index < -0.39 is 5.41 Å². The summed E-state index contributed by atoms with van der Waals surface area (Å²) in [6.45, 7) is 7.19. The number of benzene rings is 1. The lowest BCUT2D eigenvalue weighted by molar-refractivity contribution is 0.220. The Morgan fingerprint density at radius 1 is 1.29 bits per heavy atom. The van der Waals surface area contributed by atoms with Gasteiger partial charge in [-0.25, -0.2) is 4.98 Å². The topological polar surface area (TPSA) is 106 Å². The summed E-state index contributed by atoms with van der Waals surface area (Å²) in [5, 5.41) is 13.5. The Labute approximate surface area is 182 Å². The quantitative estimate of drug-likeness (QED) is 0.679. The second-order valence-electron chi connectivity index (χ2n) is 8.83. The molecular formula is C23H27N7O. The van der Waals surface area contributed by atoms with Gasteiger partial charge in [-0.2, -0.15) is 10.4 Å². The molecule has 1 aliphatic heterocycles. The highest BCUT2D eigenvalue weighted by molar-refractivity contribution is 5.63. The lowest BCUT2D eigenvalue weighted by Gasteiger charge is -2.32. The molecule has 0 saturated carbocycles. The molecule has 0 fully saturated rings. The van der Waals surface area contributed by atoms with Gasteiger partial charge in [-0.05, 0) is 56.6 Å². The molecule has 3 heterocycles. The maximum absolute atomic E-state index is 9.21. The van der Waals surface area contributed by atoms with Gasteiger partial charge in [-0.15, -0.1) is 0 Å². The Morgan fingerprint density at radius 2 is 2.10 bits per heavy atom. The largest absolute Gasteiger partial charge is 0.434 e. The van der Waals surface area contributed by atoms with E-state index in [9.17, 15) is 5.26 Å². The van der Waals surface area contributed by atoms with E-state index in [1.54, 1.807) is 29.5 Å². The molecule has 8 nitrogen and oxygen atoms in total. The van der Waals surface area contributed by atoms with E-state index >= 15 is 0 Å². The monoisotopic (exact) mass is 417 g/mol. The summed E-state index contributed by atoms with van der Waals surface area (Å²) in [4.78, 5) is 11.1. The molecular weight excluding hydrogens is 390 g/mol. The van der Waals surface area contributed by atoms with Crippen molar-refractivity contribution < 1.29 is 4.74 Å². The van der Waals surface area contributed by atoms with Crippen LogP contribution in [0.3, 0.4) is 0 Å². The van der Waals surface area contributed by atoms with Crippen molar-refractivity contribution in [3.63, 3.8) is 0 Å². The Morgan fingerprint density at radius 3 is 2.87 bits per heavy atom. The molecule has 0 spiro atoms. The van der Waals surface area contributed by atoms with E-state index in [0.29, 0.717) is 18.2 Å². The van der Waals surface area contributed by atoms with Crippen molar-refractivity contribution in [1.29, 1.82) is 5.26 Å². The number of nitrogens with two attached hydrogens (primary N) is 1. The van der Waals surface area contributed by atoms with Crippen molar-refractivity contribution in [2.75, 3.05) is 7.05 Å². The summed E-state index contributed by atoms with van der Waals surface area (Å²) in [7, 11) is 2.05. The molecule has 160 valence electrons. The fourth-order valence-electron chi connectivity index (χ4n) is 3.78. The Balaban J connectivity index is 1.56. The third-order valence-corrected chi connectivity index (χ3v) is 5.57. The molecule has 0 aliphatic carbocycles. The summed E-state index contributed by atoms with van der Waals surface area (Å²) in [5.41, 5.74) is 11.3. The minimum absolute atomic E-state index is 0.0189. The van der Waals surface area contributed by atoms with Crippen molar-refractivity contribution in [3.05, 3.63) is 53.6 Å². The Hall–Kier alpha value is -3.28. The van der Waals surface area contributed by atoms with Gasteiger partial charge in [0.05, 0.1) is 54.7 Å². The number of fused-ring (bicyclic) bond motifs is 1. The molecule has 31 heavy (non-hydrogen) atoms. The molecule has 0 radical (unpaired) electrons. The van der Waals surface area contributed by atoms with Gasteiger partial charge in [-0.1, -0.05) is 0 Å². The van der Waals surface area contributed by atoms with Crippen LogP contribution in [0.4, 0.5) is 0 Å². The average Bonchev–Trinajstić information content (AvgIpc) is 3.15. The van der Waals surface area contributed by atoms with E-state index in [0.717, 1.165) is 24.2 Å². The van der Waals surface area contributed by atoms with Crippen LogP contribution in [-0.2, 0) is 19.5 Å². The molecule has 1 unspecified atom stereocenters. The number of nitrogens with zero attached hydrogens (tertiary/aromatic N) is 6. The molecule has 3 aromatic rings. The van der Waals surface area contributed by atoms with Crippen molar-refractivity contribution >= 4 is 0 Å². The van der Waals surface area contributed by atoms with Crippen LogP contribution in [0.1, 0.15) is 30.5 Å². The summed E-state index contributed by atoms with van der Waals surface area (Å²) in [6, 6.07) is 6.57. The van der Waals surface area contributed by atoms with Gasteiger partial charge in [0.25, 0.3) is 0 Å². The SMILES string of the molecule is Cc1cc(-c2cncc(Oc3cnn(CC(C)(C)C#N)c3)n2)cc2c1CN(C)C(N)C2.